The van der Waals surface area contributed by atoms with Crippen LogP contribution in [0.5, 0.6) is 0 Å². The molecule has 0 saturated heterocycles. The molecule has 3 nitrogen and oxygen atoms in total. The Balaban J connectivity index is 1.57. The van der Waals surface area contributed by atoms with Gasteiger partial charge in [-0.15, -0.1) is 0 Å². The summed E-state index contributed by atoms with van der Waals surface area (Å²) in [5.41, 5.74) is 5.98. The van der Waals surface area contributed by atoms with Crippen LogP contribution in [0, 0.1) is 0 Å². The summed E-state index contributed by atoms with van der Waals surface area (Å²) in [6.45, 7) is 0. The van der Waals surface area contributed by atoms with Crippen molar-refractivity contribution >= 4 is 11.9 Å². The Morgan fingerprint density at radius 1 is 0.962 bits per heavy atom. The minimum absolute atomic E-state index is 0.445. The third kappa shape index (κ3) is 2.51. The van der Waals surface area contributed by atoms with E-state index in [1.807, 2.05) is 18.6 Å². The van der Waals surface area contributed by atoms with Crippen molar-refractivity contribution in [2.75, 3.05) is 5.32 Å². The first kappa shape index (κ1) is 15.3. The van der Waals surface area contributed by atoms with Gasteiger partial charge in [0.15, 0.2) is 5.66 Å². The Morgan fingerprint density at radius 2 is 1.77 bits per heavy atom. The van der Waals surface area contributed by atoms with Crippen LogP contribution in [0.2, 0.25) is 0 Å². The van der Waals surface area contributed by atoms with Crippen molar-refractivity contribution in [3.63, 3.8) is 0 Å². The van der Waals surface area contributed by atoms with E-state index in [9.17, 15) is 0 Å². The number of aryl methyl sites for hydroxylation is 1. The molecule has 26 heavy (non-hydrogen) atoms. The SMILES string of the molecule is C1=NC(CC2CCc3ccccc32)(c2ccncc2)Nc2ccccc21. The minimum Gasteiger partial charge on any atom is -0.357 e. The van der Waals surface area contributed by atoms with Gasteiger partial charge in [-0.1, -0.05) is 42.5 Å². The summed E-state index contributed by atoms with van der Waals surface area (Å²) in [5, 5.41) is 3.76. The van der Waals surface area contributed by atoms with Crippen LogP contribution >= 0.6 is 0 Å². The monoisotopic (exact) mass is 339 g/mol. The molecule has 5 rings (SSSR count). The standard InChI is InChI=1S/C23H21N3/c1-3-7-21-17(5-1)9-10-18(21)15-23(20-11-13-24-14-12-20)25-16-19-6-2-4-8-22(19)26-23/h1-8,11-14,16,18,26H,9-10,15H2. The lowest BCUT2D eigenvalue weighted by molar-refractivity contribution is 0.416. The summed E-state index contributed by atoms with van der Waals surface area (Å²) in [7, 11) is 0. The summed E-state index contributed by atoms with van der Waals surface area (Å²) in [6, 6.07) is 21.4. The molecule has 0 amide bonds. The molecule has 128 valence electrons. The lowest BCUT2D eigenvalue weighted by atomic mass is 9.85. The van der Waals surface area contributed by atoms with Crippen LogP contribution in [0.3, 0.4) is 0 Å². The van der Waals surface area contributed by atoms with Crippen molar-refractivity contribution in [2.24, 2.45) is 4.99 Å². The molecule has 2 unspecified atom stereocenters. The van der Waals surface area contributed by atoms with Crippen molar-refractivity contribution in [1.82, 2.24) is 4.98 Å². The zero-order valence-electron chi connectivity index (χ0n) is 14.6. The van der Waals surface area contributed by atoms with Crippen LogP contribution in [0.4, 0.5) is 5.69 Å². The van der Waals surface area contributed by atoms with E-state index in [4.69, 9.17) is 4.99 Å². The molecule has 2 aromatic carbocycles. The second-order valence-corrected chi connectivity index (χ2v) is 7.21. The Kier molecular flexibility index (Phi) is 3.59. The summed E-state index contributed by atoms with van der Waals surface area (Å²) < 4.78 is 0. The Hall–Kier alpha value is -2.94. The van der Waals surface area contributed by atoms with Crippen LogP contribution in [0.15, 0.2) is 78.0 Å². The number of benzene rings is 2. The van der Waals surface area contributed by atoms with E-state index in [0.29, 0.717) is 5.92 Å². The fourth-order valence-electron chi connectivity index (χ4n) is 4.37. The lowest BCUT2D eigenvalue weighted by Crippen LogP contribution is -2.37. The van der Waals surface area contributed by atoms with E-state index >= 15 is 0 Å². The number of anilines is 1. The quantitative estimate of drug-likeness (QED) is 0.737. The molecule has 0 bridgehead atoms. The first-order chi connectivity index (χ1) is 12.8. The Labute approximate surface area is 153 Å². The van der Waals surface area contributed by atoms with Gasteiger partial charge < -0.3 is 5.32 Å². The van der Waals surface area contributed by atoms with E-state index in [1.165, 1.54) is 23.1 Å². The predicted molar refractivity (Wildman–Crippen MR) is 106 cm³/mol. The van der Waals surface area contributed by atoms with Gasteiger partial charge in [0.2, 0.25) is 0 Å². The summed E-state index contributed by atoms with van der Waals surface area (Å²) in [4.78, 5) is 9.25. The van der Waals surface area contributed by atoms with E-state index in [1.54, 1.807) is 0 Å². The van der Waals surface area contributed by atoms with Crippen molar-refractivity contribution < 1.29 is 0 Å². The zero-order valence-corrected chi connectivity index (χ0v) is 14.6. The highest BCUT2D eigenvalue weighted by Crippen LogP contribution is 2.44. The van der Waals surface area contributed by atoms with Crippen LogP contribution in [-0.2, 0) is 12.1 Å². The number of hydrogen-bond acceptors (Lipinski definition) is 3. The molecule has 2 aliphatic rings. The third-order valence-electron chi connectivity index (χ3n) is 5.68. The average Bonchev–Trinajstić information content (AvgIpc) is 3.11. The lowest BCUT2D eigenvalue weighted by Gasteiger charge is -2.37. The second-order valence-electron chi connectivity index (χ2n) is 7.21. The van der Waals surface area contributed by atoms with Gasteiger partial charge in [-0.2, -0.15) is 0 Å². The van der Waals surface area contributed by atoms with Crippen LogP contribution in [-0.4, -0.2) is 11.2 Å². The summed E-state index contributed by atoms with van der Waals surface area (Å²) in [5.74, 6) is 0.509. The third-order valence-corrected chi connectivity index (χ3v) is 5.68. The maximum atomic E-state index is 5.05. The molecule has 0 saturated carbocycles. The smallest absolute Gasteiger partial charge is 0.156 e. The number of fused-ring (bicyclic) bond motifs is 2. The molecule has 0 fully saturated rings. The highest BCUT2D eigenvalue weighted by molar-refractivity contribution is 5.90. The molecule has 1 aromatic heterocycles. The molecule has 3 aromatic rings. The van der Waals surface area contributed by atoms with Crippen LogP contribution in [0.1, 0.15) is 41.0 Å². The van der Waals surface area contributed by atoms with Crippen molar-refractivity contribution in [2.45, 2.75) is 30.8 Å². The fraction of sp³-hybridized carbons (Fsp3) is 0.217. The van der Waals surface area contributed by atoms with Gasteiger partial charge in [-0.3, -0.25) is 9.98 Å². The van der Waals surface area contributed by atoms with Gasteiger partial charge in [-0.25, -0.2) is 0 Å². The van der Waals surface area contributed by atoms with Gasteiger partial charge >= 0.3 is 0 Å². The number of hydrogen-bond donors (Lipinski definition) is 1. The number of para-hydroxylation sites is 1. The average molecular weight is 339 g/mol. The normalized spacial score (nSPS) is 23.2. The summed E-state index contributed by atoms with van der Waals surface area (Å²) in [6.07, 6.45) is 9.03. The minimum atomic E-state index is -0.445. The zero-order chi connectivity index (χ0) is 17.4. The van der Waals surface area contributed by atoms with Crippen LogP contribution in [0.25, 0.3) is 0 Å². The number of aliphatic imine (C=N–C) groups is 1. The van der Waals surface area contributed by atoms with E-state index in [-0.39, 0.29) is 0 Å². The molecular formula is C23H21N3. The first-order valence-electron chi connectivity index (χ1n) is 9.25. The first-order valence-corrected chi connectivity index (χ1v) is 9.25. The number of rotatable bonds is 3. The van der Waals surface area contributed by atoms with Gasteiger partial charge in [0.1, 0.15) is 0 Å². The topological polar surface area (TPSA) is 37.3 Å². The van der Waals surface area contributed by atoms with E-state index in [0.717, 1.165) is 24.1 Å². The molecule has 0 radical (unpaired) electrons. The second kappa shape index (κ2) is 6.10. The number of nitrogens with zero attached hydrogens (tertiary/aromatic N) is 2. The van der Waals surface area contributed by atoms with Gasteiger partial charge in [0.25, 0.3) is 0 Å². The molecule has 3 heteroatoms. The molecule has 1 aliphatic heterocycles. The van der Waals surface area contributed by atoms with Gasteiger partial charge in [0, 0.05) is 41.8 Å². The largest absolute Gasteiger partial charge is 0.357 e. The fourth-order valence-corrected chi connectivity index (χ4v) is 4.37. The highest BCUT2D eigenvalue weighted by Gasteiger charge is 2.38. The molecule has 2 heterocycles. The van der Waals surface area contributed by atoms with Gasteiger partial charge in [-0.05, 0) is 48.1 Å². The summed E-state index contributed by atoms with van der Waals surface area (Å²) >= 11 is 0. The number of aromatic nitrogens is 1. The Bertz CT molecular complexity index is 964. The molecule has 1 aliphatic carbocycles. The van der Waals surface area contributed by atoms with Crippen LogP contribution < -0.4 is 5.32 Å². The number of nitrogens with one attached hydrogen (secondary N) is 1. The molecule has 2 atom stereocenters. The van der Waals surface area contributed by atoms with Crippen molar-refractivity contribution in [3.8, 4) is 0 Å². The Morgan fingerprint density at radius 3 is 2.69 bits per heavy atom. The maximum Gasteiger partial charge on any atom is 0.156 e. The van der Waals surface area contributed by atoms with Gasteiger partial charge in [0.05, 0.1) is 0 Å². The maximum absolute atomic E-state index is 5.05. The van der Waals surface area contributed by atoms with Crippen molar-refractivity contribution in [1.29, 1.82) is 0 Å². The molecular weight excluding hydrogens is 318 g/mol. The number of pyridine rings is 1. The molecule has 0 spiro atoms. The van der Waals surface area contributed by atoms with Crippen molar-refractivity contribution in [3.05, 3.63) is 95.3 Å². The predicted octanol–water partition coefficient (Wildman–Crippen LogP) is 4.90. The highest BCUT2D eigenvalue weighted by atomic mass is 15.2. The van der Waals surface area contributed by atoms with E-state index < -0.39 is 5.66 Å². The molecule has 1 N–H and O–H groups in total. The van der Waals surface area contributed by atoms with E-state index in [2.05, 4.69) is 71.0 Å².